The maximum Gasteiger partial charge on any atom is 0.109 e. The van der Waals surface area contributed by atoms with E-state index in [4.69, 9.17) is 5.10 Å². The lowest BCUT2D eigenvalue weighted by Gasteiger charge is -2.32. The van der Waals surface area contributed by atoms with Crippen LogP contribution in [0.15, 0.2) is 63.7 Å². The van der Waals surface area contributed by atoms with Crippen molar-refractivity contribution in [3.8, 4) is 0 Å². The molecule has 0 aromatic rings. The summed E-state index contributed by atoms with van der Waals surface area (Å²) >= 11 is 1.88. The summed E-state index contributed by atoms with van der Waals surface area (Å²) in [6, 6.07) is 0.164. The van der Waals surface area contributed by atoms with E-state index < -0.39 is 6.23 Å². The van der Waals surface area contributed by atoms with E-state index in [1.165, 1.54) is 22.5 Å². The van der Waals surface area contributed by atoms with Crippen molar-refractivity contribution in [3.05, 3.63) is 58.6 Å². The molecule has 37 heavy (non-hydrogen) atoms. The summed E-state index contributed by atoms with van der Waals surface area (Å²) < 4.78 is 0. The number of thioether (sulfide) groups is 1. The first kappa shape index (κ1) is 26.9. The molecule has 0 radical (unpaired) electrons. The van der Waals surface area contributed by atoms with Crippen LogP contribution in [0.5, 0.6) is 0 Å². The summed E-state index contributed by atoms with van der Waals surface area (Å²) in [4.78, 5) is 6.03. The first-order chi connectivity index (χ1) is 17.8. The quantitative estimate of drug-likeness (QED) is 0.337. The van der Waals surface area contributed by atoms with Crippen molar-refractivity contribution < 1.29 is 5.11 Å². The number of rotatable bonds is 12. The Morgan fingerprint density at radius 3 is 2.92 bits per heavy atom. The molecule has 6 unspecified atom stereocenters. The van der Waals surface area contributed by atoms with Crippen molar-refractivity contribution in [1.29, 1.82) is 0 Å². The van der Waals surface area contributed by atoms with Crippen molar-refractivity contribution >= 4 is 17.5 Å². The van der Waals surface area contributed by atoms with Crippen LogP contribution in [-0.4, -0.2) is 85.0 Å². The third-order valence-electron chi connectivity index (χ3n) is 8.55. The Bertz CT molecular complexity index is 1030. The van der Waals surface area contributed by atoms with Gasteiger partial charge in [0.05, 0.1) is 11.3 Å². The van der Waals surface area contributed by atoms with Crippen LogP contribution in [0.3, 0.4) is 0 Å². The van der Waals surface area contributed by atoms with Crippen LogP contribution in [0.25, 0.3) is 0 Å². The third kappa shape index (κ3) is 6.34. The highest BCUT2D eigenvalue weighted by Gasteiger charge is 2.65. The molecule has 2 aliphatic heterocycles. The lowest BCUT2D eigenvalue weighted by Crippen LogP contribution is -2.46. The van der Waals surface area contributed by atoms with E-state index in [0.717, 1.165) is 50.4 Å². The molecule has 7 heteroatoms. The molecule has 3 N–H and O–H groups in total. The van der Waals surface area contributed by atoms with Gasteiger partial charge in [-0.3, -0.25) is 10.7 Å². The molecule has 2 heterocycles. The molecule has 1 spiro atoms. The number of nitrogens with one attached hydrogen (secondary N) is 2. The summed E-state index contributed by atoms with van der Waals surface area (Å²) in [6.07, 6.45) is 20.8. The molecule has 0 aromatic carbocycles. The Balaban J connectivity index is 1.20. The monoisotopic (exact) mass is 523 g/mol. The first-order valence-corrected chi connectivity index (χ1v) is 15.1. The predicted molar refractivity (Wildman–Crippen MR) is 156 cm³/mol. The fourth-order valence-corrected chi connectivity index (χ4v) is 7.44. The molecule has 0 aromatic heterocycles. The molecule has 6 atom stereocenters. The zero-order valence-electron chi connectivity index (χ0n) is 23.0. The predicted octanol–water partition coefficient (Wildman–Crippen LogP) is 3.91. The van der Waals surface area contributed by atoms with Crippen molar-refractivity contribution in [1.82, 2.24) is 20.5 Å². The van der Waals surface area contributed by atoms with Gasteiger partial charge in [0.25, 0.3) is 0 Å². The second-order valence-electron chi connectivity index (χ2n) is 11.9. The molecule has 0 bridgehead atoms. The summed E-state index contributed by atoms with van der Waals surface area (Å²) in [5.74, 6) is 2.73. The van der Waals surface area contributed by atoms with Gasteiger partial charge in [0.1, 0.15) is 6.23 Å². The Hall–Kier alpha value is -1.64. The largest absolute Gasteiger partial charge is 0.378 e. The van der Waals surface area contributed by atoms with Crippen molar-refractivity contribution in [2.75, 3.05) is 46.5 Å². The highest BCUT2D eigenvalue weighted by Crippen LogP contribution is 2.59. The van der Waals surface area contributed by atoms with Gasteiger partial charge in [-0.1, -0.05) is 43.4 Å². The van der Waals surface area contributed by atoms with E-state index >= 15 is 0 Å². The molecule has 3 aliphatic carbocycles. The zero-order valence-corrected chi connectivity index (χ0v) is 23.8. The first-order valence-electron chi connectivity index (χ1n) is 14.1. The number of allylic oxidation sites excluding steroid dienone is 6. The Morgan fingerprint density at radius 2 is 2.14 bits per heavy atom. The maximum absolute atomic E-state index is 10.7. The highest BCUT2D eigenvalue weighted by atomic mass is 32.2. The van der Waals surface area contributed by atoms with Crippen LogP contribution in [0.2, 0.25) is 0 Å². The topological polar surface area (TPSA) is 63.1 Å². The van der Waals surface area contributed by atoms with Crippen LogP contribution >= 0.6 is 11.8 Å². The van der Waals surface area contributed by atoms with Crippen LogP contribution in [0, 0.1) is 17.8 Å². The van der Waals surface area contributed by atoms with E-state index in [9.17, 15) is 5.11 Å². The second kappa shape index (κ2) is 11.6. The fourth-order valence-electron chi connectivity index (χ4n) is 6.43. The number of aliphatic hydroxyl groups is 1. The molecule has 6 nitrogen and oxygen atoms in total. The Morgan fingerprint density at radius 1 is 1.27 bits per heavy atom. The fraction of sp³-hybridized carbons (Fsp3) is 0.633. The maximum atomic E-state index is 10.7. The van der Waals surface area contributed by atoms with Gasteiger partial charge in [-0.05, 0) is 94.2 Å². The molecule has 1 fully saturated rings. The van der Waals surface area contributed by atoms with Crippen LogP contribution < -0.4 is 10.7 Å². The van der Waals surface area contributed by atoms with Gasteiger partial charge in [-0.2, -0.15) is 5.10 Å². The van der Waals surface area contributed by atoms with Crippen LogP contribution in [0.1, 0.15) is 39.0 Å². The summed E-state index contributed by atoms with van der Waals surface area (Å²) in [6.45, 7) is 5.68. The number of hydrazone groups is 1. The van der Waals surface area contributed by atoms with E-state index in [-0.39, 0.29) is 11.6 Å². The van der Waals surface area contributed by atoms with E-state index in [1.807, 2.05) is 11.8 Å². The number of hydrogen-bond donors (Lipinski definition) is 3. The average molecular weight is 524 g/mol. The average Bonchev–Trinajstić information content (AvgIpc) is 3.18. The second-order valence-corrected chi connectivity index (χ2v) is 13.1. The smallest absolute Gasteiger partial charge is 0.109 e. The molecule has 1 saturated carbocycles. The lowest BCUT2D eigenvalue weighted by atomic mass is 9.82. The Labute approximate surface area is 227 Å². The molecular formula is C30H45N5OS. The molecular weight excluding hydrogens is 478 g/mol. The Kier molecular flexibility index (Phi) is 8.46. The normalized spacial score (nSPS) is 33.2. The standard InChI is InChI=1S/C30H45N5OS/c1-21-26-19-30(26)25(18-28(21)31-29(36)17-24-10-6-15-37-24)27(32-33-30)12-11-22-8-5-9-23(16-22)20-35(4)14-7-13-34(2)3/h5,8,10-12,16,18,21,23,26,28-29,31,33,36H,6-7,9,13-15,17,19-20H2,1-4H3/b12-11+. The van der Waals surface area contributed by atoms with Crippen LogP contribution in [-0.2, 0) is 0 Å². The van der Waals surface area contributed by atoms with E-state index in [2.05, 4.69) is 91.1 Å². The van der Waals surface area contributed by atoms with Gasteiger partial charge in [-0.15, -0.1) is 11.8 Å². The van der Waals surface area contributed by atoms with Gasteiger partial charge in [0.15, 0.2) is 0 Å². The van der Waals surface area contributed by atoms with Crippen LogP contribution in [0.4, 0.5) is 0 Å². The highest BCUT2D eigenvalue weighted by molar-refractivity contribution is 8.03. The minimum atomic E-state index is -0.506. The third-order valence-corrected chi connectivity index (χ3v) is 9.70. The van der Waals surface area contributed by atoms with Gasteiger partial charge >= 0.3 is 0 Å². The number of aliphatic hydroxyl groups excluding tert-OH is 1. The van der Waals surface area contributed by atoms with Crippen molar-refractivity contribution in [3.63, 3.8) is 0 Å². The SMILES string of the molecule is CC1C(NC(O)CC2=CCCS2)C=C2C(/C=C/C3=CC(CN(C)CCCN(C)C)CC=C3)=NNC23CC13. The number of hydrogen-bond acceptors (Lipinski definition) is 7. The zero-order chi connectivity index (χ0) is 26.0. The van der Waals surface area contributed by atoms with Gasteiger partial charge in [0.2, 0.25) is 0 Å². The van der Waals surface area contributed by atoms with Gasteiger partial charge < -0.3 is 14.9 Å². The van der Waals surface area contributed by atoms with Gasteiger partial charge in [0, 0.05) is 30.3 Å². The van der Waals surface area contributed by atoms with Crippen molar-refractivity contribution in [2.24, 2.45) is 22.9 Å². The lowest BCUT2D eigenvalue weighted by molar-refractivity contribution is 0.116. The summed E-state index contributed by atoms with van der Waals surface area (Å²) in [5.41, 5.74) is 7.13. The molecule has 5 aliphatic rings. The molecule has 0 saturated heterocycles. The van der Waals surface area contributed by atoms with E-state index in [0.29, 0.717) is 24.2 Å². The summed E-state index contributed by atoms with van der Waals surface area (Å²) in [7, 11) is 6.52. The van der Waals surface area contributed by atoms with Gasteiger partial charge in [-0.25, -0.2) is 0 Å². The minimum absolute atomic E-state index is 0.0145. The summed E-state index contributed by atoms with van der Waals surface area (Å²) in [5, 5.41) is 19.0. The van der Waals surface area contributed by atoms with E-state index in [1.54, 1.807) is 0 Å². The molecule has 202 valence electrons. The minimum Gasteiger partial charge on any atom is -0.378 e. The van der Waals surface area contributed by atoms with Crippen molar-refractivity contribution in [2.45, 2.75) is 56.8 Å². The molecule has 0 amide bonds. The number of nitrogens with zero attached hydrogens (tertiary/aromatic N) is 3. The molecule has 5 rings (SSSR count).